The van der Waals surface area contributed by atoms with Crippen molar-refractivity contribution in [2.45, 2.75) is 48.0 Å². The molecule has 2 heteroatoms. The van der Waals surface area contributed by atoms with Gasteiger partial charge in [0.05, 0.1) is 13.2 Å². The highest BCUT2D eigenvalue weighted by Crippen LogP contribution is 2.23. The van der Waals surface area contributed by atoms with E-state index in [1.807, 2.05) is 0 Å². The van der Waals surface area contributed by atoms with Gasteiger partial charge in [0.1, 0.15) is 0 Å². The Morgan fingerprint density at radius 1 is 1.00 bits per heavy atom. The van der Waals surface area contributed by atoms with E-state index < -0.39 is 0 Å². The van der Waals surface area contributed by atoms with Gasteiger partial charge in [0.15, 0.2) is 0 Å². The van der Waals surface area contributed by atoms with Crippen LogP contribution in [0.4, 0.5) is 0 Å². The fraction of sp³-hybridized carbons (Fsp3) is 1.00. The Bertz CT molecular complexity index is 218. The summed E-state index contributed by atoms with van der Waals surface area (Å²) in [5.74, 6) is 0.775. The molecule has 1 aliphatic heterocycles. The Morgan fingerprint density at radius 3 is 2.06 bits per heavy atom. The molecule has 0 bridgehead atoms. The minimum Gasteiger partial charge on any atom is -0.381 e. The summed E-state index contributed by atoms with van der Waals surface area (Å²) in [7, 11) is 0. The quantitative estimate of drug-likeness (QED) is 0.731. The van der Waals surface area contributed by atoms with Crippen molar-refractivity contribution in [1.82, 2.24) is 4.90 Å². The summed E-state index contributed by atoms with van der Waals surface area (Å²) >= 11 is 0. The van der Waals surface area contributed by atoms with E-state index in [2.05, 4.69) is 46.4 Å². The van der Waals surface area contributed by atoms with E-state index in [0.29, 0.717) is 10.8 Å². The summed E-state index contributed by atoms with van der Waals surface area (Å²) < 4.78 is 5.77. The van der Waals surface area contributed by atoms with E-state index in [4.69, 9.17) is 4.74 Å². The molecular weight excluding hydrogens is 210 g/mol. The summed E-state index contributed by atoms with van der Waals surface area (Å²) in [4.78, 5) is 2.55. The maximum atomic E-state index is 5.77. The molecule has 0 saturated carbocycles. The van der Waals surface area contributed by atoms with Gasteiger partial charge in [0, 0.05) is 19.0 Å². The van der Waals surface area contributed by atoms with Gasteiger partial charge < -0.3 is 9.64 Å². The number of hydrogen-bond donors (Lipinski definition) is 0. The van der Waals surface area contributed by atoms with Crippen molar-refractivity contribution in [3.63, 3.8) is 0 Å². The molecule has 0 aromatic heterocycles. The van der Waals surface area contributed by atoms with Crippen LogP contribution in [0.3, 0.4) is 0 Å². The van der Waals surface area contributed by atoms with E-state index in [1.165, 1.54) is 26.1 Å². The third-order valence-electron chi connectivity index (χ3n) is 3.10. The molecule has 0 atom stereocenters. The first-order valence-corrected chi connectivity index (χ1v) is 6.96. The molecule has 0 radical (unpaired) electrons. The van der Waals surface area contributed by atoms with Gasteiger partial charge in [-0.2, -0.15) is 0 Å². The van der Waals surface area contributed by atoms with Crippen LogP contribution in [0.5, 0.6) is 0 Å². The summed E-state index contributed by atoms with van der Waals surface area (Å²) in [5.41, 5.74) is 0.767. The summed E-state index contributed by atoms with van der Waals surface area (Å²) in [6.45, 7) is 19.2. The van der Waals surface area contributed by atoms with Crippen LogP contribution in [0, 0.1) is 16.7 Å². The lowest BCUT2D eigenvalue weighted by Gasteiger charge is -2.40. The van der Waals surface area contributed by atoms with Crippen LogP contribution < -0.4 is 0 Å². The summed E-state index contributed by atoms with van der Waals surface area (Å²) in [6.07, 6.45) is 1.29. The second-order valence-corrected chi connectivity index (χ2v) is 8.01. The van der Waals surface area contributed by atoms with Gasteiger partial charge in [-0.15, -0.1) is 0 Å². The molecule has 17 heavy (non-hydrogen) atoms. The first kappa shape index (κ1) is 15.0. The molecule has 102 valence electrons. The highest BCUT2D eigenvalue weighted by molar-refractivity contribution is 4.80. The van der Waals surface area contributed by atoms with Crippen molar-refractivity contribution < 1.29 is 4.74 Å². The first-order valence-electron chi connectivity index (χ1n) is 6.96. The van der Waals surface area contributed by atoms with Crippen molar-refractivity contribution in [2.24, 2.45) is 16.7 Å². The Balaban J connectivity index is 2.00. The third-order valence-corrected chi connectivity index (χ3v) is 3.10. The lowest BCUT2D eigenvalue weighted by Crippen LogP contribution is -2.49. The zero-order valence-corrected chi connectivity index (χ0v) is 12.7. The lowest BCUT2D eigenvalue weighted by atomic mass is 9.90. The number of rotatable bonds is 5. The molecule has 0 spiro atoms. The fourth-order valence-corrected chi connectivity index (χ4v) is 1.99. The highest BCUT2D eigenvalue weighted by Gasteiger charge is 2.27. The van der Waals surface area contributed by atoms with Crippen molar-refractivity contribution in [2.75, 3.05) is 32.8 Å². The second kappa shape index (κ2) is 5.71. The second-order valence-electron chi connectivity index (χ2n) is 8.01. The maximum Gasteiger partial charge on any atom is 0.0519 e. The molecule has 1 heterocycles. The van der Waals surface area contributed by atoms with Crippen LogP contribution in [0.25, 0.3) is 0 Å². The Morgan fingerprint density at radius 2 is 1.59 bits per heavy atom. The van der Waals surface area contributed by atoms with Gasteiger partial charge in [-0.05, 0) is 23.8 Å². The minimum atomic E-state index is 0.301. The van der Waals surface area contributed by atoms with Gasteiger partial charge in [-0.1, -0.05) is 41.5 Å². The molecule has 0 N–H and O–H groups in total. The van der Waals surface area contributed by atoms with Gasteiger partial charge in [0.2, 0.25) is 0 Å². The van der Waals surface area contributed by atoms with Crippen LogP contribution in [-0.4, -0.2) is 37.7 Å². The number of ether oxygens (including phenoxy) is 1. The molecule has 1 saturated heterocycles. The molecule has 0 aliphatic carbocycles. The zero-order chi connectivity index (χ0) is 13.1. The van der Waals surface area contributed by atoms with Gasteiger partial charge in [-0.3, -0.25) is 0 Å². The Labute approximate surface area is 108 Å². The molecule has 0 amide bonds. The number of hydrogen-bond acceptors (Lipinski definition) is 2. The highest BCUT2D eigenvalue weighted by atomic mass is 16.5. The first-order chi connectivity index (χ1) is 7.66. The van der Waals surface area contributed by atoms with Gasteiger partial charge in [0.25, 0.3) is 0 Å². The average Bonchev–Trinajstić information content (AvgIpc) is 2.03. The Hall–Kier alpha value is -0.0800. The average molecular weight is 241 g/mol. The van der Waals surface area contributed by atoms with Crippen molar-refractivity contribution in [3.05, 3.63) is 0 Å². The molecule has 1 fully saturated rings. The third kappa shape index (κ3) is 7.05. The molecule has 0 aromatic rings. The number of likely N-dealkylation sites (tertiary alicyclic amines) is 1. The van der Waals surface area contributed by atoms with Crippen LogP contribution in [0.15, 0.2) is 0 Å². The summed E-state index contributed by atoms with van der Waals surface area (Å²) in [6, 6.07) is 0. The van der Waals surface area contributed by atoms with Crippen molar-refractivity contribution in [3.8, 4) is 0 Å². The van der Waals surface area contributed by atoms with E-state index >= 15 is 0 Å². The largest absolute Gasteiger partial charge is 0.381 e. The van der Waals surface area contributed by atoms with Crippen LogP contribution in [0.2, 0.25) is 0 Å². The van der Waals surface area contributed by atoms with Gasteiger partial charge in [-0.25, -0.2) is 0 Å². The SMILES string of the molecule is CC(C)(C)CCN1CC(COCC(C)(C)C)C1. The van der Waals surface area contributed by atoms with E-state index in [9.17, 15) is 0 Å². The van der Waals surface area contributed by atoms with E-state index in [1.54, 1.807) is 0 Å². The summed E-state index contributed by atoms with van der Waals surface area (Å²) in [5, 5.41) is 0. The van der Waals surface area contributed by atoms with Crippen LogP contribution in [0.1, 0.15) is 48.0 Å². The predicted molar refractivity (Wildman–Crippen MR) is 74.3 cm³/mol. The maximum absolute atomic E-state index is 5.77. The van der Waals surface area contributed by atoms with E-state index in [0.717, 1.165) is 19.1 Å². The molecule has 0 unspecified atom stereocenters. The zero-order valence-electron chi connectivity index (χ0n) is 12.7. The number of nitrogens with zero attached hydrogens (tertiary/aromatic N) is 1. The standard InChI is InChI=1S/C15H31NO/c1-14(2,3)7-8-16-9-13(10-16)11-17-12-15(4,5)6/h13H,7-12H2,1-6H3. The monoisotopic (exact) mass is 241 g/mol. The lowest BCUT2D eigenvalue weighted by molar-refractivity contribution is -0.0107. The van der Waals surface area contributed by atoms with Crippen LogP contribution in [-0.2, 0) is 4.74 Å². The topological polar surface area (TPSA) is 12.5 Å². The molecule has 1 rings (SSSR count). The minimum absolute atomic E-state index is 0.301. The smallest absolute Gasteiger partial charge is 0.0519 e. The molecular formula is C15H31NO. The fourth-order valence-electron chi connectivity index (χ4n) is 1.99. The molecule has 0 aromatic carbocycles. The van der Waals surface area contributed by atoms with E-state index in [-0.39, 0.29) is 0 Å². The van der Waals surface area contributed by atoms with Crippen molar-refractivity contribution >= 4 is 0 Å². The normalized spacial score (nSPS) is 19.4. The molecule has 1 aliphatic rings. The van der Waals surface area contributed by atoms with Crippen molar-refractivity contribution in [1.29, 1.82) is 0 Å². The van der Waals surface area contributed by atoms with Gasteiger partial charge >= 0.3 is 0 Å². The Kier molecular flexibility index (Phi) is 5.03. The molecule has 2 nitrogen and oxygen atoms in total. The van der Waals surface area contributed by atoms with Crippen LogP contribution >= 0.6 is 0 Å². The predicted octanol–water partition coefficient (Wildman–Crippen LogP) is 3.42.